The molecule has 4 N–H and O–H groups in total. The number of aliphatic hydroxyl groups excluding tert-OH is 1. The molecule has 15 atom stereocenters. The number of aliphatic hydroxyl groups is 1. The van der Waals surface area contributed by atoms with Gasteiger partial charge in [-0.3, -0.25) is 14.4 Å². The van der Waals surface area contributed by atoms with Gasteiger partial charge in [0.25, 0.3) is 0 Å². The minimum Gasteiger partial charge on any atom is -0.497 e. The van der Waals surface area contributed by atoms with Gasteiger partial charge in [-0.25, -0.2) is 0 Å². The summed E-state index contributed by atoms with van der Waals surface area (Å²) in [6, 6.07) is 60.9. The Morgan fingerprint density at radius 2 is 0.677 bits per heavy atom. The summed E-state index contributed by atoms with van der Waals surface area (Å²) in [6.07, 6.45) is -14.6. The minimum absolute atomic E-state index is 0.0113. The first kappa shape index (κ1) is 67.9. The van der Waals surface area contributed by atoms with Gasteiger partial charge in [0, 0.05) is 20.8 Å². The van der Waals surface area contributed by atoms with Crippen LogP contribution in [0.2, 0.25) is 0 Å². The third kappa shape index (κ3) is 19.8. The molecule has 20 heteroatoms. The third-order valence-corrected chi connectivity index (χ3v) is 16.0. The van der Waals surface area contributed by atoms with Crippen LogP contribution in [0.1, 0.15) is 54.2 Å². The van der Waals surface area contributed by atoms with Crippen molar-refractivity contribution < 1.29 is 81.1 Å². The molecule has 0 radical (unpaired) electrons. The number of hydrogen-bond donors (Lipinski definition) is 4. The zero-order valence-corrected chi connectivity index (χ0v) is 52.6. The number of carbonyl (C=O) groups is 3. The van der Waals surface area contributed by atoms with Crippen molar-refractivity contribution in [3.8, 4) is 11.5 Å². The molecule has 7 aromatic carbocycles. The van der Waals surface area contributed by atoms with E-state index in [0.717, 1.165) is 33.4 Å². The van der Waals surface area contributed by atoms with Gasteiger partial charge in [0.2, 0.25) is 17.7 Å². The highest BCUT2D eigenvalue weighted by atomic mass is 16.8. The Hall–Kier alpha value is -7.93. The second-order valence-electron chi connectivity index (χ2n) is 23.1. The average Bonchev–Trinajstić information content (AvgIpc) is 0.785. The van der Waals surface area contributed by atoms with Gasteiger partial charge in [0.1, 0.15) is 91.2 Å². The van der Waals surface area contributed by atoms with Gasteiger partial charge < -0.3 is 82.6 Å². The number of ether oxygens (including phenoxy) is 13. The summed E-state index contributed by atoms with van der Waals surface area (Å²) in [4.78, 5) is 41.1. The third-order valence-electron chi connectivity index (χ3n) is 16.0. The smallest absolute Gasteiger partial charge is 0.217 e. The fourth-order valence-corrected chi connectivity index (χ4v) is 11.5. The maximum absolute atomic E-state index is 14.0. The highest BCUT2D eigenvalue weighted by Gasteiger charge is 2.57. The van der Waals surface area contributed by atoms with Gasteiger partial charge >= 0.3 is 0 Å². The molecule has 0 aliphatic carbocycles. The lowest BCUT2D eigenvalue weighted by Crippen LogP contribution is -2.71. The fourth-order valence-electron chi connectivity index (χ4n) is 11.5. The van der Waals surface area contributed by atoms with Crippen molar-refractivity contribution in [2.24, 2.45) is 0 Å². The van der Waals surface area contributed by atoms with Crippen LogP contribution in [0.3, 0.4) is 0 Å². The van der Waals surface area contributed by atoms with E-state index in [1.807, 2.05) is 182 Å². The lowest BCUT2D eigenvalue weighted by Gasteiger charge is -2.52. The van der Waals surface area contributed by atoms with Gasteiger partial charge in [0.05, 0.1) is 60.0 Å². The molecule has 7 aromatic rings. The molecule has 3 heterocycles. The number of carbonyl (C=O) groups excluding carboxylic acids is 3. The normalized spacial score (nSPS) is 26.1. The van der Waals surface area contributed by atoms with E-state index >= 15 is 0 Å². The van der Waals surface area contributed by atoms with Crippen LogP contribution in [-0.2, 0) is 106 Å². The number of hydrogen-bond acceptors (Lipinski definition) is 17. The highest BCUT2D eigenvalue weighted by molar-refractivity contribution is 5.74. The Balaban J connectivity index is 1.07. The molecule has 3 amide bonds. The lowest BCUT2D eigenvalue weighted by molar-refractivity contribution is -0.361. The first-order valence-corrected chi connectivity index (χ1v) is 31.3. The molecule has 3 aliphatic heterocycles. The number of nitrogens with one attached hydrogen (secondary N) is 3. The standard InChI is InChI=1S/C73H83N3O17/c1-48(77)74-62-68(85-41-53-27-15-7-16-28-53)65(80)59(45-82-39-51-23-11-5-12-24-51)89-72(62)92-66-60(46-83-40-52-25-13-6-14-26-52)91-73(64(76-50(3)79)70(66)87-43-55-31-19-9-20-32-55)93-67-61(47-84-58-37-35-57(81-4)36-38-58)90-71(88-44-56-33-21-10-22-34-56)63(75-49(2)78)69(67)86-42-54-29-17-8-18-30-54/h5-38,59-73,80H,39-47H2,1-4H3,(H,74,77)(H,75,78)(H,76,79)/t59-,60-,61-,62-,63-,64-,65-,66-,67-,68-,69-,70-,71-,72+,73+/m1/s1. The minimum atomic E-state index is -1.46. The second kappa shape index (κ2) is 34.8. The van der Waals surface area contributed by atoms with Crippen molar-refractivity contribution in [2.75, 3.05) is 26.9 Å². The van der Waals surface area contributed by atoms with E-state index in [-0.39, 0.29) is 59.5 Å². The van der Waals surface area contributed by atoms with Crippen molar-refractivity contribution >= 4 is 17.7 Å². The molecule has 93 heavy (non-hydrogen) atoms. The molecular formula is C73H83N3O17. The maximum atomic E-state index is 14.0. The zero-order chi connectivity index (χ0) is 64.7. The Kier molecular flexibility index (Phi) is 25.4. The summed E-state index contributed by atoms with van der Waals surface area (Å²) in [5.74, 6) is -0.250. The van der Waals surface area contributed by atoms with E-state index in [9.17, 15) is 19.5 Å². The molecule has 3 saturated heterocycles. The molecule has 0 spiro atoms. The first-order chi connectivity index (χ1) is 45.4. The summed E-state index contributed by atoms with van der Waals surface area (Å²) in [7, 11) is 1.58. The predicted octanol–water partition coefficient (Wildman–Crippen LogP) is 8.30. The monoisotopic (exact) mass is 1270 g/mol. The van der Waals surface area contributed by atoms with E-state index in [1.165, 1.54) is 20.8 Å². The number of amides is 3. The van der Waals surface area contributed by atoms with Crippen LogP contribution in [0.5, 0.6) is 11.5 Å². The summed E-state index contributed by atoms with van der Waals surface area (Å²) in [5, 5.41) is 21.6. The summed E-state index contributed by atoms with van der Waals surface area (Å²) in [6.45, 7) is 4.20. The highest BCUT2D eigenvalue weighted by Crippen LogP contribution is 2.37. The molecule has 10 rings (SSSR count). The van der Waals surface area contributed by atoms with E-state index in [2.05, 4.69) is 16.0 Å². The quantitative estimate of drug-likeness (QED) is 0.0320. The largest absolute Gasteiger partial charge is 0.497 e. The SMILES string of the molecule is COc1ccc(OC[C@H]2O[C@@H](OCc3ccccc3)[C@H](NC(C)=O)[C@@H](OCc3ccccc3)[C@@H]2O[C@@H]2O[C@H](COCc3ccccc3)[C@@H](O[C@@H]3O[C@H](COCc4ccccc4)[C@@H](O)[C@H](OCc4ccccc4)[C@H]3NC(C)=O)[C@H](OCc3ccccc3)[C@H]2NC(C)=O)cc1. The van der Waals surface area contributed by atoms with Gasteiger partial charge in [-0.2, -0.15) is 0 Å². The van der Waals surface area contributed by atoms with Crippen molar-refractivity contribution in [3.63, 3.8) is 0 Å². The molecule has 492 valence electrons. The lowest BCUT2D eigenvalue weighted by atomic mass is 9.93. The van der Waals surface area contributed by atoms with Gasteiger partial charge in [-0.05, 0) is 57.6 Å². The number of methoxy groups -OCH3 is 1. The second-order valence-corrected chi connectivity index (χ2v) is 23.1. The first-order valence-electron chi connectivity index (χ1n) is 31.3. The fraction of sp³-hybridized carbons (Fsp3) is 0.384. The van der Waals surface area contributed by atoms with E-state index in [4.69, 9.17) is 61.6 Å². The van der Waals surface area contributed by atoms with E-state index in [1.54, 1.807) is 31.4 Å². The Morgan fingerprint density at radius 1 is 0.366 bits per heavy atom. The van der Waals surface area contributed by atoms with Gasteiger partial charge in [-0.15, -0.1) is 0 Å². The summed E-state index contributed by atoms with van der Waals surface area (Å²) < 4.78 is 88.3. The summed E-state index contributed by atoms with van der Waals surface area (Å²) >= 11 is 0. The maximum Gasteiger partial charge on any atom is 0.217 e. The predicted molar refractivity (Wildman–Crippen MR) is 342 cm³/mol. The Labute approximate surface area is 542 Å². The van der Waals surface area contributed by atoms with Crippen LogP contribution >= 0.6 is 0 Å². The molecule has 0 saturated carbocycles. The van der Waals surface area contributed by atoms with Crippen LogP contribution in [-0.4, -0.2) is 142 Å². The van der Waals surface area contributed by atoms with Gasteiger partial charge in [-0.1, -0.05) is 182 Å². The molecule has 3 fully saturated rings. The van der Waals surface area contributed by atoms with Crippen molar-refractivity contribution in [3.05, 3.63) is 240 Å². The van der Waals surface area contributed by atoms with Crippen LogP contribution in [0.15, 0.2) is 206 Å². The molecule has 0 aromatic heterocycles. The molecule has 0 unspecified atom stereocenters. The van der Waals surface area contributed by atoms with Crippen LogP contribution < -0.4 is 25.4 Å². The molecule has 0 bridgehead atoms. The molecule has 3 aliphatic rings. The van der Waals surface area contributed by atoms with E-state index in [0.29, 0.717) is 11.5 Å². The summed E-state index contributed by atoms with van der Waals surface area (Å²) in [5.41, 5.74) is 5.02. The molecule has 20 nitrogen and oxygen atoms in total. The van der Waals surface area contributed by atoms with Crippen molar-refractivity contribution in [1.82, 2.24) is 16.0 Å². The van der Waals surface area contributed by atoms with E-state index < -0.39 is 110 Å². The van der Waals surface area contributed by atoms with Crippen LogP contribution in [0, 0.1) is 0 Å². The Bertz CT molecular complexity index is 3330. The number of rotatable bonds is 31. The average molecular weight is 1270 g/mol. The zero-order valence-electron chi connectivity index (χ0n) is 52.6. The van der Waals surface area contributed by atoms with Crippen molar-refractivity contribution in [1.29, 1.82) is 0 Å². The topological polar surface area (TPSA) is 228 Å². The molecular weight excluding hydrogens is 1190 g/mol. The van der Waals surface area contributed by atoms with Crippen LogP contribution in [0.4, 0.5) is 0 Å². The Morgan fingerprint density at radius 3 is 1.08 bits per heavy atom. The number of benzene rings is 7. The van der Waals surface area contributed by atoms with Crippen LogP contribution in [0.25, 0.3) is 0 Å². The van der Waals surface area contributed by atoms with Crippen molar-refractivity contribution in [2.45, 2.75) is 152 Å². The van der Waals surface area contributed by atoms with Gasteiger partial charge in [0.15, 0.2) is 18.9 Å².